The van der Waals surface area contributed by atoms with Crippen molar-refractivity contribution in [3.63, 3.8) is 0 Å². The van der Waals surface area contributed by atoms with Crippen LogP contribution in [0.25, 0.3) is 22.2 Å². The molecule has 0 radical (unpaired) electrons. The Hall–Kier alpha value is -3.74. The fourth-order valence-corrected chi connectivity index (χ4v) is 4.46. The van der Waals surface area contributed by atoms with Crippen molar-refractivity contribution >= 4 is 28.3 Å². The van der Waals surface area contributed by atoms with Gasteiger partial charge in [0, 0.05) is 60.5 Å². The molecular weight excluding hydrogens is 400 g/mol. The summed E-state index contributed by atoms with van der Waals surface area (Å²) in [5, 5.41) is 4.49. The lowest BCUT2D eigenvalue weighted by atomic mass is 9.92. The summed E-state index contributed by atoms with van der Waals surface area (Å²) in [5.41, 5.74) is 3.70. The van der Waals surface area contributed by atoms with Gasteiger partial charge in [-0.25, -0.2) is 9.97 Å². The molecular formula is C25H26N6O. The van der Waals surface area contributed by atoms with E-state index in [4.69, 9.17) is 9.97 Å². The maximum atomic E-state index is 12.2. The summed E-state index contributed by atoms with van der Waals surface area (Å²) >= 11 is 0. The molecule has 0 aliphatic carbocycles. The summed E-state index contributed by atoms with van der Waals surface area (Å²) in [4.78, 5) is 31.6. The van der Waals surface area contributed by atoms with Crippen molar-refractivity contribution in [1.82, 2.24) is 24.8 Å². The first-order chi connectivity index (χ1) is 15.6. The van der Waals surface area contributed by atoms with E-state index in [1.165, 1.54) is 0 Å². The van der Waals surface area contributed by atoms with E-state index >= 15 is 0 Å². The third kappa shape index (κ3) is 3.93. The summed E-state index contributed by atoms with van der Waals surface area (Å²) in [6, 6.07) is 14.2. The van der Waals surface area contributed by atoms with Crippen molar-refractivity contribution in [3.05, 3.63) is 66.9 Å². The molecule has 1 amide bonds. The number of benzene rings is 1. The molecule has 1 aliphatic heterocycles. The van der Waals surface area contributed by atoms with Crippen LogP contribution in [-0.2, 0) is 4.79 Å². The fraction of sp³-hybridized carbons (Fsp3) is 0.280. The minimum atomic E-state index is 0.0877. The predicted octanol–water partition coefficient (Wildman–Crippen LogP) is 4.88. The first-order valence-electron chi connectivity index (χ1n) is 11.0. The summed E-state index contributed by atoms with van der Waals surface area (Å²) in [6.07, 6.45) is 7.46. The second-order valence-corrected chi connectivity index (χ2v) is 8.41. The van der Waals surface area contributed by atoms with Crippen LogP contribution in [0.3, 0.4) is 0 Å². The molecule has 32 heavy (non-hydrogen) atoms. The number of para-hydroxylation sites is 1. The van der Waals surface area contributed by atoms with Crippen molar-refractivity contribution in [1.29, 1.82) is 0 Å². The molecule has 0 saturated carbocycles. The quantitative estimate of drug-likeness (QED) is 0.486. The van der Waals surface area contributed by atoms with Crippen LogP contribution in [0.15, 0.2) is 61.1 Å². The van der Waals surface area contributed by atoms with E-state index in [9.17, 15) is 4.79 Å². The van der Waals surface area contributed by atoms with Gasteiger partial charge in [0.1, 0.15) is 11.6 Å². The average molecular weight is 427 g/mol. The molecule has 0 unspecified atom stereocenters. The molecule has 162 valence electrons. The Morgan fingerprint density at radius 2 is 1.97 bits per heavy atom. The maximum Gasteiger partial charge on any atom is 0.219 e. The van der Waals surface area contributed by atoms with E-state index in [0.29, 0.717) is 6.54 Å². The third-order valence-corrected chi connectivity index (χ3v) is 6.19. The number of aromatic amines is 1. The number of pyridine rings is 1. The smallest absolute Gasteiger partial charge is 0.219 e. The number of fused-ring (bicyclic) bond motifs is 1. The largest absolute Gasteiger partial charge is 0.360 e. The lowest BCUT2D eigenvalue weighted by Gasteiger charge is -2.37. The first-order valence-corrected chi connectivity index (χ1v) is 11.0. The van der Waals surface area contributed by atoms with Crippen molar-refractivity contribution in [2.24, 2.45) is 0 Å². The van der Waals surface area contributed by atoms with Gasteiger partial charge in [0.05, 0.1) is 17.4 Å². The minimum Gasteiger partial charge on any atom is -0.360 e. The summed E-state index contributed by atoms with van der Waals surface area (Å²) in [7, 11) is 0. The van der Waals surface area contributed by atoms with Crippen LogP contribution in [0.2, 0.25) is 0 Å². The molecule has 1 saturated heterocycles. The molecule has 1 fully saturated rings. The number of aromatic nitrogens is 4. The number of carbonyl (C=O) groups excluding carboxylic acids is 1. The van der Waals surface area contributed by atoms with Crippen molar-refractivity contribution in [3.8, 4) is 11.3 Å². The number of likely N-dealkylation sites (tertiary alicyclic amines) is 1. The van der Waals surface area contributed by atoms with Gasteiger partial charge in [-0.2, -0.15) is 0 Å². The normalized spacial score (nSPS) is 18.6. The Morgan fingerprint density at radius 3 is 2.78 bits per heavy atom. The van der Waals surface area contributed by atoms with Crippen LogP contribution in [0.5, 0.6) is 0 Å². The van der Waals surface area contributed by atoms with E-state index in [1.807, 2.05) is 66.0 Å². The molecule has 4 aromatic rings. The molecule has 0 bridgehead atoms. The number of anilines is 2. The topological polar surface area (TPSA) is 86.8 Å². The average Bonchev–Trinajstić information content (AvgIpc) is 3.29. The molecule has 1 aromatic carbocycles. The van der Waals surface area contributed by atoms with Gasteiger partial charge >= 0.3 is 0 Å². The molecule has 2 atom stereocenters. The van der Waals surface area contributed by atoms with Gasteiger partial charge in [0.15, 0.2) is 0 Å². The minimum absolute atomic E-state index is 0.0877. The number of H-pyrrole nitrogens is 1. The van der Waals surface area contributed by atoms with E-state index in [1.54, 1.807) is 6.92 Å². The Balaban J connectivity index is 1.58. The van der Waals surface area contributed by atoms with Gasteiger partial charge in [0.2, 0.25) is 5.91 Å². The van der Waals surface area contributed by atoms with Crippen molar-refractivity contribution < 1.29 is 4.79 Å². The van der Waals surface area contributed by atoms with E-state index in [0.717, 1.165) is 52.3 Å². The Labute approximate surface area is 186 Å². The highest BCUT2D eigenvalue weighted by Gasteiger charge is 2.30. The zero-order valence-corrected chi connectivity index (χ0v) is 18.2. The number of piperidine rings is 1. The second kappa shape index (κ2) is 8.42. The van der Waals surface area contributed by atoms with Crippen LogP contribution in [0.1, 0.15) is 38.4 Å². The number of nitrogens with zero attached hydrogens (tertiary/aromatic N) is 4. The highest BCUT2D eigenvalue weighted by atomic mass is 16.2. The molecule has 7 nitrogen and oxygen atoms in total. The molecule has 2 N–H and O–H groups in total. The predicted molar refractivity (Wildman–Crippen MR) is 126 cm³/mol. The van der Waals surface area contributed by atoms with Crippen LogP contribution in [0, 0.1) is 0 Å². The number of rotatable bonds is 4. The van der Waals surface area contributed by atoms with Gasteiger partial charge in [-0.3, -0.25) is 9.78 Å². The standard InChI is InChI=1S/C25H26N6O/c1-16-8-9-18(15-31(16)17(2)32)25-29-22(21-13-26-14-23-20(21)10-11-27-23)12-24(30-25)28-19-6-4-3-5-7-19/h3-7,10-14,16,18,27H,8-9,15H2,1-2H3,(H,28,29,30)/t16-,18+/m0/s1. The van der Waals surface area contributed by atoms with Crippen LogP contribution >= 0.6 is 0 Å². The van der Waals surface area contributed by atoms with Crippen molar-refractivity contribution in [2.75, 3.05) is 11.9 Å². The fourth-order valence-electron chi connectivity index (χ4n) is 4.46. The number of hydrogen-bond acceptors (Lipinski definition) is 5. The first kappa shape index (κ1) is 20.2. The Bertz CT molecular complexity index is 1250. The second-order valence-electron chi connectivity index (χ2n) is 8.41. The Kier molecular flexibility index (Phi) is 5.31. The zero-order chi connectivity index (χ0) is 22.1. The Morgan fingerprint density at radius 1 is 1.12 bits per heavy atom. The SMILES string of the molecule is CC(=O)N1C[C@H](c2nc(Nc3ccccc3)cc(-c3cncc4[nH]ccc34)n2)CC[C@@H]1C. The molecule has 3 aromatic heterocycles. The van der Waals surface area contributed by atoms with Crippen molar-refractivity contribution in [2.45, 2.75) is 38.6 Å². The van der Waals surface area contributed by atoms with Gasteiger partial charge in [-0.15, -0.1) is 0 Å². The van der Waals surface area contributed by atoms with Gasteiger partial charge in [-0.05, 0) is 38.0 Å². The molecule has 7 heteroatoms. The lowest BCUT2D eigenvalue weighted by Crippen LogP contribution is -2.44. The highest BCUT2D eigenvalue weighted by Crippen LogP contribution is 2.33. The maximum absolute atomic E-state index is 12.2. The monoisotopic (exact) mass is 426 g/mol. The lowest BCUT2D eigenvalue weighted by molar-refractivity contribution is -0.132. The highest BCUT2D eigenvalue weighted by molar-refractivity contribution is 5.93. The number of nitrogens with one attached hydrogen (secondary N) is 2. The molecule has 4 heterocycles. The third-order valence-electron chi connectivity index (χ3n) is 6.19. The van der Waals surface area contributed by atoms with Crippen LogP contribution in [0.4, 0.5) is 11.5 Å². The van der Waals surface area contributed by atoms with E-state index < -0.39 is 0 Å². The van der Waals surface area contributed by atoms with Gasteiger partial charge < -0.3 is 15.2 Å². The molecule has 0 spiro atoms. The van der Waals surface area contributed by atoms with Gasteiger partial charge in [-0.1, -0.05) is 18.2 Å². The van der Waals surface area contributed by atoms with Gasteiger partial charge in [0.25, 0.3) is 0 Å². The van der Waals surface area contributed by atoms with E-state index in [2.05, 4.69) is 22.2 Å². The van der Waals surface area contributed by atoms with E-state index in [-0.39, 0.29) is 17.9 Å². The van der Waals surface area contributed by atoms with Crippen LogP contribution in [-0.4, -0.2) is 43.3 Å². The number of hydrogen-bond donors (Lipinski definition) is 2. The number of amides is 1. The summed E-state index contributed by atoms with van der Waals surface area (Å²) in [6.45, 7) is 4.38. The summed E-state index contributed by atoms with van der Waals surface area (Å²) in [5.74, 6) is 1.68. The number of carbonyl (C=O) groups is 1. The zero-order valence-electron chi connectivity index (χ0n) is 18.2. The summed E-state index contributed by atoms with van der Waals surface area (Å²) < 4.78 is 0. The molecule has 5 rings (SSSR count). The molecule has 1 aliphatic rings. The van der Waals surface area contributed by atoms with Crippen LogP contribution < -0.4 is 5.32 Å².